The maximum absolute atomic E-state index is 13.1. The zero-order chi connectivity index (χ0) is 21.5. The van der Waals surface area contributed by atoms with Crippen LogP contribution >= 0.6 is 23.7 Å². The van der Waals surface area contributed by atoms with Crippen molar-refractivity contribution in [3.63, 3.8) is 0 Å². The molecule has 0 bridgehead atoms. The van der Waals surface area contributed by atoms with Crippen LogP contribution in [0.4, 0.5) is 5.13 Å². The zero-order valence-corrected chi connectivity index (χ0v) is 19.7. The zero-order valence-electron chi connectivity index (χ0n) is 18.1. The van der Waals surface area contributed by atoms with Gasteiger partial charge < -0.3 is 14.2 Å². The van der Waals surface area contributed by atoms with Gasteiger partial charge in [0, 0.05) is 26.2 Å². The summed E-state index contributed by atoms with van der Waals surface area (Å²) < 4.78 is 17.4. The molecule has 1 saturated heterocycles. The molecule has 2 heterocycles. The van der Waals surface area contributed by atoms with Crippen molar-refractivity contribution < 1.29 is 19.0 Å². The third kappa shape index (κ3) is 6.32. The number of rotatable bonds is 9. The Morgan fingerprint density at radius 1 is 1.12 bits per heavy atom. The van der Waals surface area contributed by atoms with Crippen LogP contribution in [0.3, 0.4) is 0 Å². The lowest BCUT2D eigenvalue weighted by molar-refractivity contribution is -0.120. The number of para-hydroxylation sites is 1. The highest BCUT2D eigenvalue weighted by Crippen LogP contribution is 2.29. The Morgan fingerprint density at radius 3 is 2.56 bits per heavy atom. The summed E-state index contributed by atoms with van der Waals surface area (Å²) in [4.78, 5) is 21.9. The van der Waals surface area contributed by atoms with Gasteiger partial charge in [0.1, 0.15) is 11.5 Å². The Morgan fingerprint density at radius 2 is 1.84 bits per heavy atom. The van der Waals surface area contributed by atoms with Gasteiger partial charge in [-0.05, 0) is 42.8 Å². The van der Waals surface area contributed by atoms with Gasteiger partial charge in [-0.1, -0.05) is 23.5 Å². The van der Waals surface area contributed by atoms with E-state index in [1.807, 2.05) is 36.4 Å². The highest BCUT2D eigenvalue weighted by molar-refractivity contribution is 7.22. The lowest BCUT2D eigenvalue weighted by Crippen LogP contribution is -2.40. The number of methoxy groups -OCH3 is 1. The first-order chi connectivity index (χ1) is 15.2. The monoisotopic (exact) mass is 477 g/mol. The minimum absolute atomic E-state index is 0. The van der Waals surface area contributed by atoms with Gasteiger partial charge in [-0.25, -0.2) is 4.98 Å². The number of hydrogen-bond donors (Lipinski definition) is 0. The molecule has 0 unspecified atom stereocenters. The van der Waals surface area contributed by atoms with Crippen LogP contribution in [0.1, 0.15) is 6.42 Å². The van der Waals surface area contributed by atoms with E-state index in [4.69, 9.17) is 19.2 Å². The number of thiazole rings is 1. The standard InChI is InChI=1S/C23H27N3O4S.ClH/c1-28-18-7-9-19(10-8-18)30-17-22(27)26(12-4-11-25-13-15-29-16-14-25)23-24-20-5-2-3-6-21(20)31-23;/h2-3,5-10H,4,11-17H2,1H3;1H. The first-order valence-corrected chi connectivity index (χ1v) is 11.3. The predicted octanol–water partition coefficient (Wildman–Crippen LogP) is 3.86. The van der Waals surface area contributed by atoms with Crippen molar-refractivity contribution in [2.45, 2.75) is 6.42 Å². The normalized spacial score (nSPS) is 14.0. The second-order valence-electron chi connectivity index (χ2n) is 7.28. The second kappa shape index (κ2) is 12.0. The summed E-state index contributed by atoms with van der Waals surface area (Å²) in [7, 11) is 1.62. The van der Waals surface area contributed by atoms with Crippen molar-refractivity contribution in [1.82, 2.24) is 9.88 Å². The number of carbonyl (C=O) groups is 1. The van der Waals surface area contributed by atoms with Gasteiger partial charge in [-0.2, -0.15) is 0 Å². The number of benzene rings is 2. The van der Waals surface area contributed by atoms with Gasteiger partial charge in [-0.3, -0.25) is 14.6 Å². The number of hydrogen-bond acceptors (Lipinski definition) is 7. The van der Waals surface area contributed by atoms with Crippen LogP contribution in [0, 0.1) is 0 Å². The molecule has 172 valence electrons. The molecule has 0 saturated carbocycles. The molecular weight excluding hydrogens is 450 g/mol. The molecule has 1 amide bonds. The number of morpholine rings is 1. The molecule has 32 heavy (non-hydrogen) atoms. The Bertz CT molecular complexity index is 959. The first-order valence-electron chi connectivity index (χ1n) is 10.5. The average Bonchev–Trinajstić information content (AvgIpc) is 3.25. The third-order valence-corrected chi connectivity index (χ3v) is 6.26. The molecule has 1 aliphatic rings. The summed E-state index contributed by atoms with van der Waals surface area (Å²) in [6, 6.07) is 15.2. The van der Waals surface area contributed by atoms with E-state index in [2.05, 4.69) is 4.90 Å². The smallest absolute Gasteiger partial charge is 0.266 e. The molecule has 1 aromatic heterocycles. The first kappa shape index (κ1) is 24.3. The third-order valence-electron chi connectivity index (χ3n) is 5.20. The number of aromatic nitrogens is 1. The molecule has 9 heteroatoms. The fourth-order valence-electron chi connectivity index (χ4n) is 3.47. The summed E-state index contributed by atoms with van der Waals surface area (Å²) in [5, 5.41) is 0.714. The number of anilines is 1. The van der Waals surface area contributed by atoms with Crippen molar-refractivity contribution in [1.29, 1.82) is 0 Å². The number of nitrogens with zero attached hydrogens (tertiary/aromatic N) is 3. The van der Waals surface area contributed by atoms with E-state index in [9.17, 15) is 4.79 Å². The van der Waals surface area contributed by atoms with Crippen LogP contribution in [-0.4, -0.2) is 68.9 Å². The maximum atomic E-state index is 13.1. The molecule has 3 aromatic rings. The molecule has 7 nitrogen and oxygen atoms in total. The van der Waals surface area contributed by atoms with Gasteiger partial charge in [0.05, 0.1) is 30.5 Å². The number of amides is 1. The highest BCUT2D eigenvalue weighted by Gasteiger charge is 2.21. The minimum Gasteiger partial charge on any atom is -0.497 e. The SMILES string of the molecule is COc1ccc(OCC(=O)N(CCCN2CCOCC2)c2nc3ccccc3s2)cc1.Cl. The van der Waals surface area contributed by atoms with Gasteiger partial charge >= 0.3 is 0 Å². The number of halogens is 1. The molecule has 1 fully saturated rings. The number of ether oxygens (including phenoxy) is 3. The van der Waals surface area contributed by atoms with Gasteiger partial charge in [-0.15, -0.1) is 12.4 Å². The second-order valence-corrected chi connectivity index (χ2v) is 8.29. The van der Waals surface area contributed by atoms with E-state index in [-0.39, 0.29) is 24.9 Å². The Balaban J connectivity index is 0.00000289. The predicted molar refractivity (Wildman–Crippen MR) is 130 cm³/mol. The van der Waals surface area contributed by atoms with E-state index in [0.717, 1.165) is 55.2 Å². The summed E-state index contributed by atoms with van der Waals surface area (Å²) >= 11 is 1.53. The fourth-order valence-corrected chi connectivity index (χ4v) is 4.48. The number of fused-ring (bicyclic) bond motifs is 1. The molecule has 4 rings (SSSR count). The van der Waals surface area contributed by atoms with Gasteiger partial charge in [0.2, 0.25) is 0 Å². The quantitative estimate of drug-likeness (QED) is 0.466. The van der Waals surface area contributed by atoms with Crippen molar-refractivity contribution in [2.75, 3.05) is 58.0 Å². The highest BCUT2D eigenvalue weighted by atomic mass is 35.5. The summed E-state index contributed by atoms with van der Waals surface area (Å²) in [6.07, 6.45) is 0.865. The summed E-state index contributed by atoms with van der Waals surface area (Å²) in [5.74, 6) is 1.28. The summed E-state index contributed by atoms with van der Waals surface area (Å²) in [6.45, 7) is 4.91. The average molecular weight is 478 g/mol. The Kier molecular flexibility index (Phi) is 9.11. The van der Waals surface area contributed by atoms with Crippen LogP contribution in [-0.2, 0) is 9.53 Å². The lowest BCUT2D eigenvalue weighted by atomic mass is 10.3. The van der Waals surface area contributed by atoms with Crippen molar-refractivity contribution in [3.8, 4) is 11.5 Å². The van der Waals surface area contributed by atoms with Crippen molar-refractivity contribution in [3.05, 3.63) is 48.5 Å². The topological polar surface area (TPSA) is 64.1 Å². The van der Waals surface area contributed by atoms with Gasteiger partial charge in [0.15, 0.2) is 11.7 Å². The van der Waals surface area contributed by atoms with Gasteiger partial charge in [0.25, 0.3) is 5.91 Å². The molecule has 0 radical (unpaired) electrons. The molecule has 0 atom stereocenters. The lowest BCUT2D eigenvalue weighted by Gasteiger charge is -2.27. The molecule has 2 aromatic carbocycles. The van der Waals surface area contributed by atoms with E-state index < -0.39 is 0 Å². The molecule has 0 N–H and O–H groups in total. The molecule has 1 aliphatic heterocycles. The van der Waals surface area contributed by atoms with E-state index in [1.165, 1.54) is 11.3 Å². The van der Waals surface area contributed by atoms with Crippen LogP contribution in [0.15, 0.2) is 48.5 Å². The van der Waals surface area contributed by atoms with E-state index in [1.54, 1.807) is 24.1 Å². The summed E-state index contributed by atoms with van der Waals surface area (Å²) in [5.41, 5.74) is 0.907. The van der Waals surface area contributed by atoms with Crippen LogP contribution in [0.2, 0.25) is 0 Å². The molecule has 0 spiro atoms. The molecular formula is C23H28ClN3O4S. The van der Waals surface area contributed by atoms with Crippen molar-refractivity contribution in [2.24, 2.45) is 0 Å². The minimum atomic E-state index is -0.100. The Labute approximate surface area is 198 Å². The van der Waals surface area contributed by atoms with Crippen LogP contribution < -0.4 is 14.4 Å². The van der Waals surface area contributed by atoms with E-state index >= 15 is 0 Å². The Hall–Kier alpha value is -2.39. The van der Waals surface area contributed by atoms with Crippen molar-refractivity contribution >= 4 is 45.0 Å². The number of carbonyl (C=O) groups excluding carboxylic acids is 1. The van der Waals surface area contributed by atoms with E-state index in [0.29, 0.717) is 17.4 Å². The maximum Gasteiger partial charge on any atom is 0.266 e. The van der Waals surface area contributed by atoms with Crippen LogP contribution in [0.5, 0.6) is 11.5 Å². The fraction of sp³-hybridized carbons (Fsp3) is 0.391. The van der Waals surface area contributed by atoms with Crippen LogP contribution in [0.25, 0.3) is 10.2 Å². The molecule has 0 aliphatic carbocycles. The largest absolute Gasteiger partial charge is 0.497 e.